The summed E-state index contributed by atoms with van der Waals surface area (Å²) in [5, 5.41) is 3.83. The van der Waals surface area contributed by atoms with Crippen molar-refractivity contribution in [3.63, 3.8) is 0 Å². The molecule has 5 nitrogen and oxygen atoms in total. The van der Waals surface area contributed by atoms with Gasteiger partial charge in [-0.05, 0) is 42.8 Å². The topological polar surface area (TPSA) is 60.7 Å². The van der Waals surface area contributed by atoms with E-state index in [0.717, 1.165) is 26.7 Å². The van der Waals surface area contributed by atoms with Crippen molar-refractivity contribution >= 4 is 32.8 Å². The van der Waals surface area contributed by atoms with Gasteiger partial charge in [-0.15, -0.1) is 0 Å². The highest BCUT2D eigenvalue weighted by Crippen LogP contribution is 2.31. The molecule has 0 fully saturated rings. The molecule has 25 heavy (non-hydrogen) atoms. The van der Waals surface area contributed by atoms with Crippen molar-refractivity contribution in [1.82, 2.24) is 5.32 Å². The minimum Gasteiger partial charge on any atom is -0.486 e. The summed E-state index contributed by atoms with van der Waals surface area (Å²) >= 11 is 3.44. The standard InChI is InChI=1S/C19H16BrNO4/c1-11-14-9-13(20)3-5-15(14)25-18(11)19(22)21-10-12-2-4-16-17(8-12)24-7-6-23-16/h2-5,8-9H,6-7,10H2,1H3,(H,21,22). The van der Waals surface area contributed by atoms with Gasteiger partial charge in [-0.3, -0.25) is 4.79 Å². The number of benzene rings is 2. The lowest BCUT2D eigenvalue weighted by atomic mass is 10.1. The lowest BCUT2D eigenvalue weighted by molar-refractivity contribution is 0.0924. The van der Waals surface area contributed by atoms with E-state index in [1.54, 1.807) is 0 Å². The molecule has 1 aliphatic rings. The molecule has 128 valence electrons. The second-order valence-electron chi connectivity index (χ2n) is 5.86. The van der Waals surface area contributed by atoms with Crippen LogP contribution in [0.2, 0.25) is 0 Å². The molecule has 3 aromatic rings. The van der Waals surface area contributed by atoms with E-state index in [0.29, 0.717) is 36.9 Å². The number of carbonyl (C=O) groups is 1. The van der Waals surface area contributed by atoms with Crippen LogP contribution < -0.4 is 14.8 Å². The molecule has 0 bridgehead atoms. The van der Waals surface area contributed by atoms with E-state index in [1.807, 2.05) is 43.3 Å². The number of ether oxygens (including phenoxy) is 2. The van der Waals surface area contributed by atoms with Gasteiger partial charge >= 0.3 is 0 Å². The third kappa shape index (κ3) is 3.09. The zero-order chi connectivity index (χ0) is 17.4. The third-order valence-corrected chi connectivity index (χ3v) is 4.66. The second kappa shape index (κ2) is 6.44. The molecule has 4 rings (SSSR count). The molecule has 0 saturated heterocycles. The Morgan fingerprint density at radius 3 is 2.76 bits per heavy atom. The highest BCUT2D eigenvalue weighted by Gasteiger charge is 2.18. The van der Waals surface area contributed by atoms with Gasteiger partial charge in [-0.1, -0.05) is 22.0 Å². The van der Waals surface area contributed by atoms with Gasteiger partial charge in [0, 0.05) is 22.0 Å². The molecule has 1 amide bonds. The molecule has 0 radical (unpaired) electrons. The first-order valence-electron chi connectivity index (χ1n) is 7.97. The molecule has 1 N–H and O–H groups in total. The van der Waals surface area contributed by atoms with Gasteiger partial charge in [0.15, 0.2) is 17.3 Å². The van der Waals surface area contributed by atoms with E-state index < -0.39 is 0 Å². The molecule has 0 aliphatic carbocycles. The normalized spacial score (nSPS) is 13.0. The Kier molecular flexibility index (Phi) is 4.13. The summed E-state index contributed by atoms with van der Waals surface area (Å²) in [6.45, 7) is 3.37. The Balaban J connectivity index is 1.52. The first-order chi connectivity index (χ1) is 12.1. The number of hydrogen-bond acceptors (Lipinski definition) is 4. The van der Waals surface area contributed by atoms with E-state index in [9.17, 15) is 4.79 Å². The smallest absolute Gasteiger partial charge is 0.287 e. The predicted octanol–water partition coefficient (Wildman–Crippen LogP) is 4.20. The van der Waals surface area contributed by atoms with Crippen LogP contribution in [0.15, 0.2) is 45.3 Å². The third-order valence-electron chi connectivity index (χ3n) is 4.16. The number of fused-ring (bicyclic) bond motifs is 2. The molecule has 1 aromatic heterocycles. The number of amides is 1. The molecule has 0 saturated carbocycles. The first kappa shape index (κ1) is 16.0. The largest absolute Gasteiger partial charge is 0.486 e. The predicted molar refractivity (Wildman–Crippen MR) is 97.3 cm³/mol. The zero-order valence-corrected chi connectivity index (χ0v) is 15.2. The van der Waals surface area contributed by atoms with Crippen LogP contribution in [-0.2, 0) is 6.54 Å². The van der Waals surface area contributed by atoms with Crippen molar-refractivity contribution in [3.05, 3.63) is 57.8 Å². The molecule has 6 heteroatoms. The fraction of sp³-hybridized carbons (Fsp3) is 0.211. The van der Waals surface area contributed by atoms with Crippen molar-refractivity contribution in [1.29, 1.82) is 0 Å². The number of halogens is 1. The lowest BCUT2D eigenvalue weighted by Gasteiger charge is -2.18. The van der Waals surface area contributed by atoms with Gasteiger partial charge in [-0.25, -0.2) is 0 Å². The number of nitrogens with one attached hydrogen (secondary N) is 1. The van der Waals surface area contributed by atoms with E-state index in [-0.39, 0.29) is 5.91 Å². The van der Waals surface area contributed by atoms with E-state index >= 15 is 0 Å². The van der Waals surface area contributed by atoms with Crippen LogP contribution in [0.3, 0.4) is 0 Å². The Morgan fingerprint density at radius 1 is 1.12 bits per heavy atom. The molecule has 1 aliphatic heterocycles. The summed E-state index contributed by atoms with van der Waals surface area (Å²) in [5.41, 5.74) is 2.47. The van der Waals surface area contributed by atoms with Crippen molar-refractivity contribution < 1.29 is 18.7 Å². The van der Waals surface area contributed by atoms with Crippen LogP contribution in [-0.4, -0.2) is 19.1 Å². The number of rotatable bonds is 3. The monoisotopic (exact) mass is 401 g/mol. The quantitative estimate of drug-likeness (QED) is 0.713. The summed E-state index contributed by atoms with van der Waals surface area (Å²) in [7, 11) is 0. The van der Waals surface area contributed by atoms with Gasteiger partial charge in [-0.2, -0.15) is 0 Å². The lowest BCUT2D eigenvalue weighted by Crippen LogP contribution is -2.23. The number of carbonyl (C=O) groups excluding carboxylic acids is 1. The van der Waals surface area contributed by atoms with Crippen LogP contribution in [0.4, 0.5) is 0 Å². The van der Waals surface area contributed by atoms with E-state index in [2.05, 4.69) is 21.2 Å². The maximum absolute atomic E-state index is 12.5. The van der Waals surface area contributed by atoms with E-state index in [1.165, 1.54) is 0 Å². The Bertz CT molecular complexity index is 963. The van der Waals surface area contributed by atoms with Gasteiger partial charge < -0.3 is 19.2 Å². The SMILES string of the molecule is Cc1c(C(=O)NCc2ccc3c(c2)OCCO3)oc2ccc(Br)cc12. The number of furan rings is 1. The molecular weight excluding hydrogens is 386 g/mol. The van der Waals surface area contributed by atoms with Crippen LogP contribution in [0, 0.1) is 6.92 Å². The molecule has 0 atom stereocenters. The van der Waals surface area contributed by atoms with Crippen LogP contribution >= 0.6 is 15.9 Å². The maximum Gasteiger partial charge on any atom is 0.287 e. The summed E-state index contributed by atoms with van der Waals surface area (Å²) < 4.78 is 17.7. The zero-order valence-electron chi connectivity index (χ0n) is 13.6. The maximum atomic E-state index is 12.5. The van der Waals surface area contributed by atoms with Gasteiger partial charge in [0.1, 0.15) is 18.8 Å². The van der Waals surface area contributed by atoms with Crippen LogP contribution in [0.1, 0.15) is 21.7 Å². The summed E-state index contributed by atoms with van der Waals surface area (Å²) in [4.78, 5) is 12.5. The summed E-state index contributed by atoms with van der Waals surface area (Å²) in [6, 6.07) is 11.4. The number of hydrogen-bond donors (Lipinski definition) is 1. The van der Waals surface area contributed by atoms with Crippen LogP contribution in [0.5, 0.6) is 11.5 Å². The molecule has 0 spiro atoms. The summed E-state index contributed by atoms with van der Waals surface area (Å²) in [5.74, 6) is 1.55. The second-order valence-corrected chi connectivity index (χ2v) is 6.77. The Hall–Kier alpha value is -2.47. The van der Waals surface area contributed by atoms with Crippen molar-refractivity contribution in [2.45, 2.75) is 13.5 Å². The average molecular weight is 402 g/mol. The van der Waals surface area contributed by atoms with Gasteiger partial charge in [0.05, 0.1) is 0 Å². The highest BCUT2D eigenvalue weighted by molar-refractivity contribution is 9.10. The minimum atomic E-state index is -0.236. The molecule has 2 heterocycles. The van der Waals surface area contributed by atoms with Crippen molar-refractivity contribution in [2.24, 2.45) is 0 Å². The molecular formula is C19H16BrNO4. The van der Waals surface area contributed by atoms with Crippen molar-refractivity contribution in [3.8, 4) is 11.5 Å². The fourth-order valence-electron chi connectivity index (χ4n) is 2.87. The summed E-state index contributed by atoms with van der Waals surface area (Å²) in [6.07, 6.45) is 0. The van der Waals surface area contributed by atoms with Crippen molar-refractivity contribution in [2.75, 3.05) is 13.2 Å². The average Bonchev–Trinajstić information content (AvgIpc) is 2.96. The highest BCUT2D eigenvalue weighted by atomic mass is 79.9. The first-order valence-corrected chi connectivity index (χ1v) is 8.76. The van der Waals surface area contributed by atoms with Gasteiger partial charge in [0.25, 0.3) is 5.91 Å². The van der Waals surface area contributed by atoms with Crippen LogP contribution in [0.25, 0.3) is 11.0 Å². The fourth-order valence-corrected chi connectivity index (χ4v) is 3.23. The Morgan fingerprint density at radius 2 is 1.92 bits per heavy atom. The Labute approximate surface area is 153 Å². The van der Waals surface area contributed by atoms with E-state index in [4.69, 9.17) is 13.9 Å². The number of aryl methyl sites for hydroxylation is 1. The van der Waals surface area contributed by atoms with Gasteiger partial charge in [0.2, 0.25) is 0 Å². The molecule has 2 aromatic carbocycles. The molecule has 0 unspecified atom stereocenters. The minimum absolute atomic E-state index is 0.236.